The van der Waals surface area contributed by atoms with Crippen molar-refractivity contribution in [2.45, 2.75) is 13.3 Å². The van der Waals surface area contributed by atoms with Crippen LogP contribution in [-0.4, -0.2) is 14.8 Å². The molecule has 0 amide bonds. The van der Waals surface area contributed by atoms with Crippen LogP contribution in [0.5, 0.6) is 0 Å². The molecule has 1 aromatic rings. The van der Waals surface area contributed by atoms with Gasteiger partial charge in [0.1, 0.15) is 0 Å². The van der Waals surface area contributed by atoms with Crippen molar-refractivity contribution in [1.82, 2.24) is 0 Å². The Morgan fingerprint density at radius 3 is 2.60 bits per heavy atom. The zero-order valence-corrected chi connectivity index (χ0v) is 8.47. The van der Waals surface area contributed by atoms with E-state index in [4.69, 9.17) is 9.95 Å². The molecule has 0 bridgehead atoms. The van der Waals surface area contributed by atoms with Crippen LogP contribution in [-0.2, 0) is 6.42 Å². The zero-order chi connectivity index (χ0) is 7.40. The van der Waals surface area contributed by atoms with E-state index >= 15 is 0 Å². The summed E-state index contributed by atoms with van der Waals surface area (Å²) >= 11 is -0.117. The maximum absolute atomic E-state index is 5.80. The molecule has 0 saturated carbocycles. The summed E-state index contributed by atoms with van der Waals surface area (Å²) in [4.78, 5) is 0. The molecule has 0 saturated heterocycles. The van der Waals surface area contributed by atoms with E-state index in [1.54, 1.807) is 0 Å². The monoisotopic (exact) mass is 215 g/mol. The molecule has 0 nitrogen and oxygen atoms in total. The summed E-state index contributed by atoms with van der Waals surface area (Å²) in [6.45, 7) is 2.16. The van der Waals surface area contributed by atoms with Crippen molar-refractivity contribution in [1.29, 1.82) is 0 Å². The second-order valence-electron chi connectivity index (χ2n) is 2.07. The Bertz CT molecular complexity index is 187. The average molecular weight is 216 g/mol. The number of rotatable bonds is 2. The van der Waals surface area contributed by atoms with Gasteiger partial charge in [0.25, 0.3) is 0 Å². The van der Waals surface area contributed by atoms with Crippen LogP contribution in [0.3, 0.4) is 0 Å². The second-order valence-corrected chi connectivity index (χ2v) is 4.31. The Morgan fingerprint density at radius 1 is 1.40 bits per heavy atom. The summed E-state index contributed by atoms with van der Waals surface area (Å²) in [5.41, 5.74) is 1.40. The van der Waals surface area contributed by atoms with Crippen LogP contribution in [0, 0.1) is 0 Å². The Hall–Kier alpha value is 0.0684. The molecular formula is C8H9AsCl. The van der Waals surface area contributed by atoms with Gasteiger partial charge < -0.3 is 0 Å². The van der Waals surface area contributed by atoms with Crippen LogP contribution in [0.15, 0.2) is 24.3 Å². The van der Waals surface area contributed by atoms with E-state index in [0.29, 0.717) is 0 Å². The number of halogens is 1. The van der Waals surface area contributed by atoms with E-state index in [-0.39, 0.29) is 14.8 Å². The van der Waals surface area contributed by atoms with Crippen LogP contribution in [0.2, 0.25) is 0 Å². The van der Waals surface area contributed by atoms with Crippen molar-refractivity contribution in [3.05, 3.63) is 29.8 Å². The number of hydrogen-bond acceptors (Lipinski definition) is 0. The van der Waals surface area contributed by atoms with Crippen molar-refractivity contribution in [2.24, 2.45) is 0 Å². The van der Waals surface area contributed by atoms with Crippen molar-refractivity contribution in [3.63, 3.8) is 0 Å². The van der Waals surface area contributed by atoms with Gasteiger partial charge in [-0.1, -0.05) is 0 Å². The van der Waals surface area contributed by atoms with Crippen molar-refractivity contribution >= 4 is 29.1 Å². The summed E-state index contributed by atoms with van der Waals surface area (Å²) in [6.07, 6.45) is 1.10. The van der Waals surface area contributed by atoms with Crippen molar-refractivity contribution in [3.8, 4) is 0 Å². The molecular weight excluding hydrogens is 206 g/mol. The maximum atomic E-state index is 5.80. The summed E-state index contributed by atoms with van der Waals surface area (Å²) in [6, 6.07) is 8.38. The van der Waals surface area contributed by atoms with E-state index in [9.17, 15) is 0 Å². The standard InChI is InChI=1S/C8H9AsCl/c1-2-7-5-3-4-6-8(7)9-10/h3-6H,2H2,1H3. The number of hydrogen-bond donors (Lipinski definition) is 0. The third-order valence-corrected chi connectivity index (χ3v) is 3.71. The minimum absolute atomic E-state index is 0.117. The van der Waals surface area contributed by atoms with Crippen LogP contribution in [0.1, 0.15) is 12.5 Å². The molecule has 0 fully saturated rings. The summed E-state index contributed by atoms with van der Waals surface area (Å²) in [5, 5.41) is 0. The molecule has 10 heavy (non-hydrogen) atoms. The van der Waals surface area contributed by atoms with E-state index in [0.717, 1.165) is 6.42 Å². The Kier molecular flexibility index (Phi) is 3.31. The Labute approximate surface area is 72.4 Å². The molecule has 2 heteroatoms. The zero-order valence-electron chi connectivity index (χ0n) is 5.84. The first-order valence-electron chi connectivity index (χ1n) is 3.28. The van der Waals surface area contributed by atoms with E-state index < -0.39 is 0 Å². The minimum atomic E-state index is -0.117. The molecule has 0 aliphatic rings. The summed E-state index contributed by atoms with van der Waals surface area (Å²) in [7, 11) is 5.80. The first kappa shape index (κ1) is 8.17. The van der Waals surface area contributed by atoms with Crippen LogP contribution in [0.4, 0.5) is 0 Å². The first-order valence-corrected chi connectivity index (χ1v) is 6.68. The van der Waals surface area contributed by atoms with Gasteiger partial charge in [0.15, 0.2) is 0 Å². The fourth-order valence-electron chi connectivity index (χ4n) is 0.892. The molecule has 1 rings (SSSR count). The van der Waals surface area contributed by atoms with Gasteiger partial charge in [-0.15, -0.1) is 0 Å². The van der Waals surface area contributed by atoms with Gasteiger partial charge >= 0.3 is 72.3 Å². The van der Waals surface area contributed by atoms with Gasteiger partial charge in [0.2, 0.25) is 0 Å². The molecule has 53 valence electrons. The SMILES string of the molecule is CCc1ccccc1[As]Cl. The molecule has 1 aromatic carbocycles. The average Bonchev–Trinajstić information content (AvgIpc) is 2.04. The summed E-state index contributed by atoms with van der Waals surface area (Å²) in [5.74, 6) is 0. The van der Waals surface area contributed by atoms with Crippen LogP contribution in [0.25, 0.3) is 0 Å². The molecule has 0 aliphatic carbocycles. The fraction of sp³-hybridized carbons (Fsp3) is 0.250. The molecule has 0 atom stereocenters. The van der Waals surface area contributed by atoms with Crippen LogP contribution >= 0.6 is 9.95 Å². The number of aryl methyl sites for hydroxylation is 1. The van der Waals surface area contributed by atoms with Gasteiger partial charge in [0, 0.05) is 0 Å². The van der Waals surface area contributed by atoms with Crippen molar-refractivity contribution < 1.29 is 0 Å². The Morgan fingerprint density at radius 2 is 2.10 bits per heavy atom. The van der Waals surface area contributed by atoms with Crippen LogP contribution < -0.4 is 4.35 Å². The molecule has 0 spiro atoms. The third kappa shape index (κ3) is 1.78. The quantitative estimate of drug-likeness (QED) is 0.659. The molecule has 0 aliphatic heterocycles. The molecule has 0 N–H and O–H groups in total. The third-order valence-electron chi connectivity index (χ3n) is 1.46. The Balaban J connectivity index is 2.96. The summed E-state index contributed by atoms with van der Waals surface area (Å²) < 4.78 is 1.35. The van der Waals surface area contributed by atoms with E-state index in [2.05, 4.69) is 25.1 Å². The predicted octanol–water partition coefficient (Wildman–Crippen LogP) is 1.73. The fourth-order valence-corrected chi connectivity index (χ4v) is 2.76. The van der Waals surface area contributed by atoms with Gasteiger partial charge in [-0.3, -0.25) is 0 Å². The molecule has 0 unspecified atom stereocenters. The van der Waals surface area contributed by atoms with Gasteiger partial charge in [-0.05, 0) is 0 Å². The molecule has 0 aromatic heterocycles. The molecule has 0 heterocycles. The van der Waals surface area contributed by atoms with Crippen molar-refractivity contribution in [2.75, 3.05) is 0 Å². The molecule has 1 radical (unpaired) electrons. The van der Waals surface area contributed by atoms with Gasteiger partial charge in [0.05, 0.1) is 0 Å². The predicted molar refractivity (Wildman–Crippen MR) is 47.1 cm³/mol. The second kappa shape index (κ2) is 4.05. The first-order chi connectivity index (χ1) is 4.88. The van der Waals surface area contributed by atoms with Gasteiger partial charge in [-0.25, -0.2) is 0 Å². The number of benzene rings is 1. The van der Waals surface area contributed by atoms with Gasteiger partial charge in [-0.2, -0.15) is 0 Å². The van der Waals surface area contributed by atoms with E-state index in [1.165, 1.54) is 9.91 Å². The van der Waals surface area contributed by atoms with E-state index in [1.807, 2.05) is 6.07 Å². The topological polar surface area (TPSA) is 0 Å². The normalized spacial score (nSPS) is 11.0.